The molecular formula is C19H24FN. The zero-order chi connectivity index (χ0) is 15.1. The lowest BCUT2D eigenvalue weighted by atomic mass is 9.88. The average molecular weight is 285 g/mol. The molecule has 1 unspecified atom stereocenters. The van der Waals surface area contributed by atoms with Crippen LogP contribution in [0, 0.1) is 11.7 Å². The van der Waals surface area contributed by atoms with E-state index in [1.54, 1.807) is 6.07 Å². The van der Waals surface area contributed by atoms with Crippen LogP contribution in [-0.2, 0) is 6.54 Å². The smallest absolute Gasteiger partial charge is 0.127 e. The van der Waals surface area contributed by atoms with Gasteiger partial charge in [-0.1, -0.05) is 75.2 Å². The summed E-state index contributed by atoms with van der Waals surface area (Å²) in [6, 6.07) is 17.7. The Balaban J connectivity index is 2.15. The van der Waals surface area contributed by atoms with Gasteiger partial charge in [0.25, 0.3) is 0 Å². The van der Waals surface area contributed by atoms with E-state index in [0.717, 1.165) is 18.4 Å². The summed E-state index contributed by atoms with van der Waals surface area (Å²) in [7, 11) is 0. The maximum Gasteiger partial charge on any atom is 0.127 e. The van der Waals surface area contributed by atoms with Gasteiger partial charge in [0.1, 0.15) is 5.82 Å². The second kappa shape index (κ2) is 7.94. The normalized spacial score (nSPS) is 12.6. The fraction of sp³-hybridized carbons (Fsp3) is 0.368. The van der Waals surface area contributed by atoms with Gasteiger partial charge >= 0.3 is 0 Å². The zero-order valence-corrected chi connectivity index (χ0v) is 12.9. The van der Waals surface area contributed by atoms with Crippen LogP contribution in [0.4, 0.5) is 4.39 Å². The Labute approximate surface area is 127 Å². The SMILES string of the molecule is CCC(CC)C(NCc1ccccc1F)c1ccccc1. The highest BCUT2D eigenvalue weighted by Crippen LogP contribution is 2.27. The summed E-state index contributed by atoms with van der Waals surface area (Å²) >= 11 is 0. The molecule has 0 heterocycles. The molecule has 0 aliphatic rings. The highest BCUT2D eigenvalue weighted by molar-refractivity contribution is 5.21. The van der Waals surface area contributed by atoms with Crippen molar-refractivity contribution in [3.63, 3.8) is 0 Å². The molecule has 0 saturated heterocycles. The van der Waals surface area contributed by atoms with E-state index in [4.69, 9.17) is 0 Å². The molecule has 2 heteroatoms. The highest BCUT2D eigenvalue weighted by atomic mass is 19.1. The van der Waals surface area contributed by atoms with Crippen molar-refractivity contribution in [1.29, 1.82) is 0 Å². The van der Waals surface area contributed by atoms with E-state index < -0.39 is 0 Å². The quantitative estimate of drug-likeness (QED) is 0.747. The van der Waals surface area contributed by atoms with Crippen molar-refractivity contribution in [3.8, 4) is 0 Å². The molecule has 2 aromatic carbocycles. The van der Waals surface area contributed by atoms with Crippen LogP contribution < -0.4 is 5.32 Å². The van der Waals surface area contributed by atoms with Gasteiger partial charge in [-0.3, -0.25) is 0 Å². The third-order valence-electron chi connectivity index (χ3n) is 4.15. The van der Waals surface area contributed by atoms with Crippen molar-refractivity contribution in [3.05, 3.63) is 71.5 Å². The van der Waals surface area contributed by atoms with Crippen molar-refractivity contribution in [2.45, 2.75) is 39.3 Å². The molecule has 0 aliphatic carbocycles. The number of nitrogens with one attached hydrogen (secondary N) is 1. The van der Waals surface area contributed by atoms with Gasteiger partial charge in [-0.05, 0) is 17.5 Å². The van der Waals surface area contributed by atoms with Crippen LogP contribution in [0.15, 0.2) is 54.6 Å². The van der Waals surface area contributed by atoms with Gasteiger partial charge < -0.3 is 5.32 Å². The van der Waals surface area contributed by atoms with Crippen molar-refractivity contribution >= 4 is 0 Å². The number of rotatable bonds is 7. The number of halogens is 1. The summed E-state index contributed by atoms with van der Waals surface area (Å²) < 4.78 is 13.8. The largest absolute Gasteiger partial charge is 0.306 e. The molecule has 0 amide bonds. The van der Waals surface area contributed by atoms with E-state index in [1.807, 2.05) is 18.2 Å². The van der Waals surface area contributed by atoms with Crippen molar-refractivity contribution < 1.29 is 4.39 Å². The minimum atomic E-state index is -0.138. The van der Waals surface area contributed by atoms with E-state index in [1.165, 1.54) is 11.6 Å². The second-order valence-corrected chi connectivity index (χ2v) is 5.44. The zero-order valence-electron chi connectivity index (χ0n) is 12.9. The maximum atomic E-state index is 13.8. The Hall–Kier alpha value is -1.67. The summed E-state index contributed by atoms with van der Waals surface area (Å²) in [5.74, 6) is 0.417. The first-order chi connectivity index (χ1) is 10.3. The molecule has 0 fully saturated rings. The minimum Gasteiger partial charge on any atom is -0.306 e. The van der Waals surface area contributed by atoms with Crippen LogP contribution in [0.3, 0.4) is 0 Å². The van der Waals surface area contributed by atoms with Crippen LogP contribution >= 0.6 is 0 Å². The van der Waals surface area contributed by atoms with Crippen LogP contribution in [0.25, 0.3) is 0 Å². The summed E-state index contributed by atoms with van der Waals surface area (Å²) in [6.07, 6.45) is 2.22. The first-order valence-electron chi connectivity index (χ1n) is 7.78. The van der Waals surface area contributed by atoms with E-state index in [2.05, 4.69) is 43.4 Å². The lowest BCUT2D eigenvalue weighted by Gasteiger charge is -2.27. The molecule has 0 saturated carbocycles. The fourth-order valence-electron chi connectivity index (χ4n) is 2.84. The molecule has 2 rings (SSSR count). The van der Waals surface area contributed by atoms with E-state index in [-0.39, 0.29) is 11.9 Å². The molecule has 0 bridgehead atoms. The molecule has 0 aromatic heterocycles. The fourth-order valence-corrected chi connectivity index (χ4v) is 2.84. The molecule has 1 atom stereocenters. The molecule has 1 nitrogen and oxygen atoms in total. The first-order valence-corrected chi connectivity index (χ1v) is 7.78. The van der Waals surface area contributed by atoms with Gasteiger partial charge in [0.05, 0.1) is 0 Å². The van der Waals surface area contributed by atoms with E-state index >= 15 is 0 Å². The molecule has 0 spiro atoms. The van der Waals surface area contributed by atoms with Crippen molar-refractivity contribution in [2.24, 2.45) is 5.92 Å². The monoisotopic (exact) mass is 285 g/mol. The molecular weight excluding hydrogens is 261 g/mol. The van der Waals surface area contributed by atoms with Crippen molar-refractivity contribution in [2.75, 3.05) is 0 Å². The van der Waals surface area contributed by atoms with Gasteiger partial charge in [0.15, 0.2) is 0 Å². The topological polar surface area (TPSA) is 12.0 Å². The lowest BCUT2D eigenvalue weighted by molar-refractivity contribution is 0.337. The van der Waals surface area contributed by atoms with Crippen LogP contribution in [0.2, 0.25) is 0 Å². The standard InChI is InChI=1S/C19H24FN/c1-3-15(4-2)19(16-10-6-5-7-11-16)21-14-17-12-8-9-13-18(17)20/h5-13,15,19,21H,3-4,14H2,1-2H3. The third-order valence-corrected chi connectivity index (χ3v) is 4.15. The molecule has 2 aromatic rings. The van der Waals surface area contributed by atoms with Gasteiger partial charge in [-0.25, -0.2) is 4.39 Å². The van der Waals surface area contributed by atoms with Gasteiger partial charge in [-0.15, -0.1) is 0 Å². The first kappa shape index (κ1) is 15.7. The summed E-state index contributed by atoms with van der Waals surface area (Å²) in [4.78, 5) is 0. The predicted molar refractivity (Wildman–Crippen MR) is 86.5 cm³/mol. The van der Waals surface area contributed by atoms with Crippen LogP contribution in [0.5, 0.6) is 0 Å². The Bertz CT molecular complexity index is 534. The Morgan fingerprint density at radius 1 is 0.905 bits per heavy atom. The van der Waals surface area contributed by atoms with Crippen molar-refractivity contribution in [1.82, 2.24) is 5.32 Å². The maximum absolute atomic E-state index is 13.8. The van der Waals surface area contributed by atoms with Gasteiger partial charge in [-0.2, -0.15) is 0 Å². The molecule has 1 N–H and O–H groups in total. The number of benzene rings is 2. The van der Waals surface area contributed by atoms with E-state index in [9.17, 15) is 4.39 Å². The van der Waals surface area contributed by atoms with Crippen LogP contribution in [0.1, 0.15) is 43.9 Å². The molecule has 0 aliphatic heterocycles. The Morgan fingerprint density at radius 3 is 2.14 bits per heavy atom. The molecule has 112 valence electrons. The number of hydrogen-bond donors (Lipinski definition) is 1. The Kier molecular flexibility index (Phi) is 5.94. The Morgan fingerprint density at radius 2 is 1.52 bits per heavy atom. The van der Waals surface area contributed by atoms with Gasteiger partial charge in [0.2, 0.25) is 0 Å². The highest BCUT2D eigenvalue weighted by Gasteiger charge is 2.20. The molecule has 0 radical (unpaired) electrons. The predicted octanol–water partition coefficient (Wildman–Crippen LogP) is 5.09. The van der Waals surface area contributed by atoms with Gasteiger partial charge in [0, 0.05) is 18.2 Å². The van der Waals surface area contributed by atoms with Crippen LogP contribution in [-0.4, -0.2) is 0 Å². The lowest BCUT2D eigenvalue weighted by Crippen LogP contribution is -2.28. The summed E-state index contributed by atoms with van der Waals surface area (Å²) in [6.45, 7) is 4.99. The summed E-state index contributed by atoms with van der Waals surface area (Å²) in [5, 5.41) is 3.56. The third kappa shape index (κ3) is 4.15. The molecule has 21 heavy (non-hydrogen) atoms. The second-order valence-electron chi connectivity index (χ2n) is 5.44. The minimum absolute atomic E-state index is 0.138. The summed E-state index contributed by atoms with van der Waals surface area (Å²) in [5.41, 5.74) is 2.01. The average Bonchev–Trinajstić information content (AvgIpc) is 2.54. The number of hydrogen-bond acceptors (Lipinski definition) is 1. The van der Waals surface area contributed by atoms with E-state index in [0.29, 0.717) is 12.5 Å².